The molecule has 1 aromatic carbocycles. The number of aromatic nitrogens is 4. The molecule has 1 aliphatic heterocycles. The number of hydrogen-bond acceptors (Lipinski definition) is 6. The van der Waals surface area contributed by atoms with Crippen molar-refractivity contribution in [1.29, 1.82) is 0 Å². The third-order valence-corrected chi connectivity index (χ3v) is 3.83. The summed E-state index contributed by atoms with van der Waals surface area (Å²) in [5.41, 5.74) is 8.07. The molecule has 0 spiro atoms. The Balaban J connectivity index is 2.12. The van der Waals surface area contributed by atoms with Crippen molar-refractivity contribution in [2.24, 2.45) is 0 Å². The van der Waals surface area contributed by atoms with Gasteiger partial charge in [-0.1, -0.05) is 6.07 Å². The van der Waals surface area contributed by atoms with Gasteiger partial charge in [-0.05, 0) is 23.9 Å². The van der Waals surface area contributed by atoms with Crippen LogP contribution in [0.3, 0.4) is 0 Å². The molecular weight excluding hydrogens is 298 g/mol. The third kappa shape index (κ3) is 2.10. The van der Waals surface area contributed by atoms with E-state index in [1.807, 2.05) is 25.1 Å². The zero-order valence-corrected chi connectivity index (χ0v) is 12.7. The lowest BCUT2D eigenvalue weighted by Gasteiger charge is -2.12. The molecule has 0 saturated heterocycles. The molecule has 23 heavy (non-hydrogen) atoms. The molecule has 3 heterocycles. The van der Waals surface area contributed by atoms with Gasteiger partial charge in [0.05, 0.1) is 16.0 Å². The minimum absolute atomic E-state index is 0.0111. The Bertz CT molecular complexity index is 934. The maximum Gasteiger partial charge on any atom is 0.291 e. The summed E-state index contributed by atoms with van der Waals surface area (Å²) in [7, 11) is 0. The van der Waals surface area contributed by atoms with Gasteiger partial charge in [0.2, 0.25) is 11.3 Å². The monoisotopic (exact) mass is 314 g/mol. The van der Waals surface area contributed by atoms with Crippen molar-refractivity contribution in [1.82, 2.24) is 14.9 Å². The number of carbonyl (C=O) groups is 1. The topological polar surface area (TPSA) is 96.1 Å². The number of rotatable bonds is 3. The molecule has 0 amide bonds. The Kier molecular flexibility index (Phi) is 3.12. The summed E-state index contributed by atoms with van der Waals surface area (Å²) in [5, 5.41) is 5.29. The van der Waals surface area contributed by atoms with Crippen LogP contribution in [0, 0.1) is 0 Å². The zero-order valence-electron chi connectivity index (χ0n) is 12.7. The summed E-state index contributed by atoms with van der Waals surface area (Å²) in [6, 6.07) is 5.52. The fourth-order valence-corrected chi connectivity index (χ4v) is 2.83. The molecule has 0 unspecified atom stereocenters. The number of benzene rings is 1. The Labute approximate surface area is 131 Å². The van der Waals surface area contributed by atoms with Crippen LogP contribution < -0.4 is 15.2 Å². The number of ketones is 1. The number of nitrogens with two attached hydrogens (primary N) is 1. The first kappa shape index (κ1) is 13.9. The van der Waals surface area contributed by atoms with Crippen LogP contribution in [0.1, 0.15) is 6.92 Å². The maximum atomic E-state index is 12.1. The van der Waals surface area contributed by atoms with E-state index in [9.17, 15) is 4.79 Å². The van der Waals surface area contributed by atoms with Crippen LogP contribution in [0.4, 0.5) is 5.82 Å². The van der Waals surface area contributed by atoms with E-state index in [0.29, 0.717) is 29.2 Å². The Hall–Kier alpha value is -2.74. The summed E-state index contributed by atoms with van der Waals surface area (Å²) in [4.78, 5) is 18.2. The number of anilines is 1. The highest BCUT2D eigenvalue weighted by Crippen LogP contribution is 2.32. The van der Waals surface area contributed by atoms with Crippen LogP contribution in [0.2, 0.25) is 0 Å². The second-order valence-electron chi connectivity index (χ2n) is 5.32. The molecule has 3 aromatic rings. The molecule has 4 rings (SSSR count). The van der Waals surface area contributed by atoms with Crippen LogP contribution in [0.5, 0.6) is 5.75 Å². The van der Waals surface area contributed by atoms with Crippen molar-refractivity contribution >= 4 is 33.5 Å². The molecular formula is C15H16N5O3+. The number of pyridine rings is 1. The number of ether oxygens (including phenoxy) is 2. The van der Waals surface area contributed by atoms with Crippen molar-refractivity contribution in [3.05, 3.63) is 18.2 Å². The molecule has 0 fully saturated rings. The van der Waals surface area contributed by atoms with Gasteiger partial charge < -0.3 is 15.2 Å². The highest BCUT2D eigenvalue weighted by atomic mass is 16.5. The molecule has 1 aliphatic rings. The number of carbonyl (C=O) groups excluding carboxylic acids is 1. The van der Waals surface area contributed by atoms with Gasteiger partial charge >= 0.3 is 0 Å². The largest absolute Gasteiger partial charge is 0.485 e. The molecule has 0 aliphatic carbocycles. The number of Topliss-reactive ketones (excluding diaryl/α,β-unsaturated/α-hetero) is 1. The molecule has 118 valence electrons. The van der Waals surface area contributed by atoms with Gasteiger partial charge in [0, 0.05) is 6.61 Å². The first-order chi connectivity index (χ1) is 11.2. The van der Waals surface area contributed by atoms with Crippen LogP contribution in [-0.2, 0) is 22.8 Å². The highest BCUT2D eigenvalue weighted by Gasteiger charge is 2.30. The Morgan fingerprint density at radius 2 is 2.35 bits per heavy atom. The fourth-order valence-electron chi connectivity index (χ4n) is 2.83. The van der Waals surface area contributed by atoms with Gasteiger partial charge in [-0.15, -0.1) is 4.68 Å². The Morgan fingerprint density at radius 3 is 3.17 bits per heavy atom. The minimum atomic E-state index is -0.0485. The van der Waals surface area contributed by atoms with E-state index in [1.165, 1.54) is 0 Å². The molecule has 0 atom stereocenters. The quantitative estimate of drug-likeness (QED) is 0.703. The number of hydrogen-bond donors (Lipinski definition) is 1. The summed E-state index contributed by atoms with van der Waals surface area (Å²) in [6.45, 7) is 2.85. The molecule has 0 saturated carbocycles. The van der Waals surface area contributed by atoms with Crippen molar-refractivity contribution in [3.63, 3.8) is 0 Å². The number of nitrogen functional groups attached to an aromatic ring is 1. The molecule has 0 bridgehead atoms. The first-order valence-corrected chi connectivity index (χ1v) is 7.40. The van der Waals surface area contributed by atoms with E-state index in [1.54, 1.807) is 9.48 Å². The second kappa shape index (κ2) is 5.17. The molecule has 8 heteroatoms. The smallest absolute Gasteiger partial charge is 0.291 e. The van der Waals surface area contributed by atoms with Crippen molar-refractivity contribution in [2.75, 3.05) is 18.9 Å². The normalized spacial score (nSPS) is 14.2. The average Bonchev–Trinajstić information content (AvgIpc) is 2.88. The van der Waals surface area contributed by atoms with Gasteiger partial charge in [-0.2, -0.15) is 0 Å². The van der Waals surface area contributed by atoms with Crippen LogP contribution >= 0.6 is 0 Å². The van der Waals surface area contributed by atoms with E-state index in [-0.39, 0.29) is 25.7 Å². The van der Waals surface area contributed by atoms with Crippen molar-refractivity contribution in [3.8, 4) is 5.75 Å². The van der Waals surface area contributed by atoms with Gasteiger partial charge in [-0.25, -0.2) is 4.98 Å². The maximum absolute atomic E-state index is 12.1. The van der Waals surface area contributed by atoms with Crippen LogP contribution in [0.25, 0.3) is 21.9 Å². The minimum Gasteiger partial charge on any atom is -0.485 e. The molecule has 2 aromatic heterocycles. The van der Waals surface area contributed by atoms with Gasteiger partial charge in [-0.3, -0.25) is 4.79 Å². The summed E-state index contributed by atoms with van der Waals surface area (Å²) < 4.78 is 12.9. The predicted molar refractivity (Wildman–Crippen MR) is 81.8 cm³/mol. The first-order valence-electron chi connectivity index (χ1n) is 7.40. The lowest BCUT2D eigenvalue weighted by molar-refractivity contribution is -0.750. The van der Waals surface area contributed by atoms with Crippen LogP contribution in [0.15, 0.2) is 18.2 Å². The molecule has 2 N–H and O–H groups in total. The molecule has 8 nitrogen and oxygen atoms in total. The fraction of sp³-hybridized carbons (Fsp3) is 0.333. The van der Waals surface area contributed by atoms with E-state index in [2.05, 4.69) is 10.1 Å². The average molecular weight is 314 g/mol. The number of nitrogens with zero attached hydrogens (tertiary/aromatic N) is 4. The van der Waals surface area contributed by atoms with Gasteiger partial charge in [0.25, 0.3) is 5.52 Å². The van der Waals surface area contributed by atoms with Gasteiger partial charge in [0.1, 0.15) is 5.75 Å². The highest BCUT2D eigenvalue weighted by molar-refractivity contribution is 6.07. The van der Waals surface area contributed by atoms with E-state index in [0.717, 1.165) is 10.9 Å². The third-order valence-electron chi connectivity index (χ3n) is 3.83. The Morgan fingerprint density at radius 1 is 1.48 bits per heavy atom. The second-order valence-corrected chi connectivity index (χ2v) is 5.32. The predicted octanol–water partition coefficient (Wildman–Crippen LogP) is 0.410. The van der Waals surface area contributed by atoms with Crippen molar-refractivity contribution in [2.45, 2.75) is 20.2 Å². The molecule has 0 radical (unpaired) electrons. The van der Waals surface area contributed by atoms with E-state index in [4.69, 9.17) is 15.2 Å². The summed E-state index contributed by atoms with van der Waals surface area (Å²) in [5.74, 6) is 0.881. The lowest BCUT2D eigenvalue weighted by atomic mass is 10.1. The standard InChI is InChI=1S/C15H15N5O3/c1-2-22-8-20-18-13-14-12-10(17-15(13)16)4-3-5-11(12)23-7-9(21)6-19(14)20/h3-5,16H,2,6-8H2,1H3/p+1. The summed E-state index contributed by atoms with van der Waals surface area (Å²) in [6.07, 6.45) is 0. The summed E-state index contributed by atoms with van der Waals surface area (Å²) >= 11 is 0. The van der Waals surface area contributed by atoms with Gasteiger partial charge in [0.15, 0.2) is 25.7 Å². The van der Waals surface area contributed by atoms with Crippen LogP contribution in [-0.4, -0.2) is 33.9 Å². The van der Waals surface area contributed by atoms with E-state index >= 15 is 0 Å². The van der Waals surface area contributed by atoms with E-state index < -0.39 is 0 Å². The SMILES string of the molecule is CCOCn1nc2c(N)nc3cccc4c3c2[n+]1CC(=O)CO4. The lowest BCUT2D eigenvalue weighted by Crippen LogP contribution is -2.49. The van der Waals surface area contributed by atoms with Crippen molar-refractivity contribution < 1.29 is 19.0 Å². The zero-order chi connectivity index (χ0) is 16.0.